The molecule has 0 amide bonds. The van der Waals surface area contributed by atoms with E-state index in [0.29, 0.717) is 0 Å². The molecule has 1 nitrogen and oxygen atoms in total. The van der Waals surface area contributed by atoms with Gasteiger partial charge in [0.2, 0.25) is 0 Å². The van der Waals surface area contributed by atoms with Gasteiger partial charge in [0.05, 0.1) is 0 Å². The van der Waals surface area contributed by atoms with Crippen molar-refractivity contribution >= 4 is 0 Å². The van der Waals surface area contributed by atoms with E-state index in [4.69, 9.17) is 0 Å². The number of pyridine rings is 1. The first-order valence-electron chi connectivity index (χ1n) is 4.77. The van der Waals surface area contributed by atoms with Crippen LogP contribution in [0.3, 0.4) is 0 Å². The molecule has 2 heteroatoms. The standard InChI is InChI=1S/C13H11FN/c1-9-6-10(2)15-8-13(9)11-4-3-5-12(14)7-11/h4-8H,1-2H3. The van der Waals surface area contributed by atoms with E-state index in [0.717, 1.165) is 22.4 Å². The number of hydrogen-bond donors (Lipinski definition) is 0. The molecule has 0 spiro atoms. The summed E-state index contributed by atoms with van der Waals surface area (Å²) < 4.78 is 13.0. The van der Waals surface area contributed by atoms with Crippen LogP contribution in [0.1, 0.15) is 11.3 Å². The second-order valence-electron chi connectivity index (χ2n) is 3.58. The van der Waals surface area contributed by atoms with Gasteiger partial charge in [-0.2, -0.15) is 0 Å². The number of hydrogen-bond acceptors (Lipinski definition) is 1. The van der Waals surface area contributed by atoms with Crippen molar-refractivity contribution in [3.8, 4) is 11.1 Å². The molecule has 0 unspecified atom stereocenters. The highest BCUT2D eigenvalue weighted by Gasteiger charge is 2.03. The van der Waals surface area contributed by atoms with Gasteiger partial charge in [-0.05, 0) is 55.3 Å². The van der Waals surface area contributed by atoms with Gasteiger partial charge in [-0.3, -0.25) is 4.98 Å². The largest absolute Gasteiger partial charge is 0.261 e. The Morgan fingerprint density at radius 1 is 1.20 bits per heavy atom. The van der Waals surface area contributed by atoms with Crippen LogP contribution in [0.4, 0.5) is 4.39 Å². The van der Waals surface area contributed by atoms with Crippen molar-refractivity contribution < 1.29 is 4.39 Å². The lowest BCUT2D eigenvalue weighted by atomic mass is 10.0. The Hall–Kier alpha value is -1.70. The van der Waals surface area contributed by atoms with Crippen LogP contribution in [0, 0.1) is 25.7 Å². The zero-order valence-corrected chi connectivity index (χ0v) is 8.71. The van der Waals surface area contributed by atoms with Crippen LogP contribution in [0.2, 0.25) is 0 Å². The summed E-state index contributed by atoms with van der Waals surface area (Å²) in [6, 6.07) is 9.34. The minimum atomic E-state index is -0.271. The van der Waals surface area contributed by atoms with Gasteiger partial charge in [0.15, 0.2) is 0 Å². The van der Waals surface area contributed by atoms with Crippen molar-refractivity contribution in [2.45, 2.75) is 13.8 Å². The van der Waals surface area contributed by atoms with E-state index in [1.807, 2.05) is 19.9 Å². The smallest absolute Gasteiger partial charge is 0.124 e. The maximum absolute atomic E-state index is 13.0. The fourth-order valence-electron chi connectivity index (χ4n) is 1.60. The van der Waals surface area contributed by atoms with E-state index in [2.05, 4.69) is 11.1 Å². The molecule has 0 aliphatic carbocycles. The number of rotatable bonds is 1. The summed E-state index contributed by atoms with van der Waals surface area (Å²) in [5.74, 6) is -0.271. The number of aryl methyl sites for hydroxylation is 2. The predicted molar refractivity (Wildman–Crippen MR) is 57.9 cm³/mol. The summed E-state index contributed by atoms with van der Waals surface area (Å²) in [6.45, 7) is 3.93. The Labute approximate surface area is 88.6 Å². The SMILES string of the molecule is Cc1cc(C)c(-c2c[c]cc(F)c2)cn1. The Bertz CT molecular complexity index is 492. The van der Waals surface area contributed by atoms with E-state index >= 15 is 0 Å². The minimum Gasteiger partial charge on any atom is -0.261 e. The van der Waals surface area contributed by atoms with Gasteiger partial charge in [-0.15, -0.1) is 0 Å². The van der Waals surface area contributed by atoms with Gasteiger partial charge < -0.3 is 0 Å². The molecule has 1 radical (unpaired) electrons. The number of benzene rings is 1. The molecule has 0 aliphatic heterocycles. The lowest BCUT2D eigenvalue weighted by Gasteiger charge is -2.05. The molecule has 0 N–H and O–H groups in total. The molecule has 0 fully saturated rings. The van der Waals surface area contributed by atoms with Crippen LogP contribution in [-0.2, 0) is 0 Å². The van der Waals surface area contributed by atoms with E-state index in [9.17, 15) is 4.39 Å². The average molecular weight is 200 g/mol. The van der Waals surface area contributed by atoms with E-state index in [-0.39, 0.29) is 5.82 Å². The summed E-state index contributed by atoms with van der Waals surface area (Å²) in [5, 5.41) is 0. The van der Waals surface area contributed by atoms with E-state index in [1.54, 1.807) is 12.3 Å². The molecule has 75 valence electrons. The zero-order valence-electron chi connectivity index (χ0n) is 8.71. The van der Waals surface area contributed by atoms with Gasteiger partial charge in [0.25, 0.3) is 0 Å². The van der Waals surface area contributed by atoms with Gasteiger partial charge >= 0.3 is 0 Å². The van der Waals surface area contributed by atoms with Crippen molar-refractivity contribution in [2.75, 3.05) is 0 Å². The molecular weight excluding hydrogens is 189 g/mol. The quantitative estimate of drug-likeness (QED) is 0.688. The highest BCUT2D eigenvalue weighted by molar-refractivity contribution is 5.66. The van der Waals surface area contributed by atoms with Crippen molar-refractivity contribution in [3.63, 3.8) is 0 Å². The summed E-state index contributed by atoms with van der Waals surface area (Å²) in [7, 11) is 0. The zero-order chi connectivity index (χ0) is 10.8. The van der Waals surface area contributed by atoms with Crippen LogP contribution >= 0.6 is 0 Å². The summed E-state index contributed by atoms with van der Waals surface area (Å²) >= 11 is 0. The fourth-order valence-corrected chi connectivity index (χ4v) is 1.60. The second kappa shape index (κ2) is 3.81. The van der Waals surface area contributed by atoms with Crippen LogP contribution in [-0.4, -0.2) is 4.98 Å². The maximum Gasteiger partial charge on any atom is 0.124 e. The molecule has 1 heterocycles. The Morgan fingerprint density at radius 3 is 2.67 bits per heavy atom. The Kier molecular flexibility index (Phi) is 2.50. The average Bonchev–Trinajstić information content (AvgIpc) is 2.17. The monoisotopic (exact) mass is 200 g/mol. The molecule has 15 heavy (non-hydrogen) atoms. The molecule has 0 atom stereocenters. The van der Waals surface area contributed by atoms with Crippen molar-refractivity contribution in [2.24, 2.45) is 0 Å². The molecule has 0 bridgehead atoms. The van der Waals surface area contributed by atoms with Crippen molar-refractivity contribution in [3.05, 3.63) is 53.6 Å². The molecule has 0 saturated heterocycles. The predicted octanol–water partition coefficient (Wildman–Crippen LogP) is 3.30. The molecule has 0 aliphatic rings. The lowest BCUT2D eigenvalue weighted by molar-refractivity contribution is 0.628. The summed E-state index contributed by atoms with van der Waals surface area (Å²) in [5.41, 5.74) is 3.84. The Balaban J connectivity index is 2.54. The third-order valence-corrected chi connectivity index (χ3v) is 2.31. The molecule has 0 saturated carbocycles. The van der Waals surface area contributed by atoms with Crippen LogP contribution < -0.4 is 0 Å². The molecule has 1 aromatic carbocycles. The first-order valence-corrected chi connectivity index (χ1v) is 4.77. The Morgan fingerprint density at radius 2 is 2.00 bits per heavy atom. The van der Waals surface area contributed by atoms with Gasteiger partial charge in [0.1, 0.15) is 5.82 Å². The topological polar surface area (TPSA) is 12.9 Å². The number of halogens is 1. The molecule has 2 rings (SSSR count). The first-order chi connectivity index (χ1) is 7.16. The second-order valence-corrected chi connectivity index (χ2v) is 3.58. The van der Waals surface area contributed by atoms with E-state index in [1.165, 1.54) is 12.1 Å². The molecular formula is C13H11FN. The molecule has 2 aromatic rings. The fraction of sp³-hybridized carbons (Fsp3) is 0.154. The highest BCUT2D eigenvalue weighted by Crippen LogP contribution is 2.23. The third kappa shape index (κ3) is 2.04. The summed E-state index contributed by atoms with van der Waals surface area (Å²) in [4.78, 5) is 4.21. The lowest BCUT2D eigenvalue weighted by Crippen LogP contribution is -1.88. The summed E-state index contributed by atoms with van der Waals surface area (Å²) in [6.07, 6.45) is 1.77. The van der Waals surface area contributed by atoms with Crippen LogP contribution in [0.25, 0.3) is 11.1 Å². The number of nitrogens with zero attached hydrogens (tertiary/aromatic N) is 1. The van der Waals surface area contributed by atoms with Crippen molar-refractivity contribution in [1.82, 2.24) is 4.98 Å². The van der Waals surface area contributed by atoms with Crippen molar-refractivity contribution in [1.29, 1.82) is 0 Å². The number of aromatic nitrogens is 1. The highest BCUT2D eigenvalue weighted by atomic mass is 19.1. The van der Waals surface area contributed by atoms with Gasteiger partial charge in [-0.1, -0.05) is 0 Å². The first kappa shape index (κ1) is 9.84. The normalized spacial score (nSPS) is 10.3. The van der Waals surface area contributed by atoms with E-state index < -0.39 is 0 Å². The third-order valence-electron chi connectivity index (χ3n) is 2.31. The van der Waals surface area contributed by atoms with Gasteiger partial charge in [0, 0.05) is 17.5 Å². The maximum atomic E-state index is 13.0. The van der Waals surface area contributed by atoms with Gasteiger partial charge in [-0.25, -0.2) is 4.39 Å². The minimum absolute atomic E-state index is 0.271. The van der Waals surface area contributed by atoms with Crippen LogP contribution in [0.5, 0.6) is 0 Å². The molecule has 1 aromatic heterocycles. The van der Waals surface area contributed by atoms with Crippen LogP contribution in [0.15, 0.2) is 30.5 Å².